The van der Waals surface area contributed by atoms with Crippen molar-refractivity contribution in [2.45, 2.75) is 42.8 Å². The Labute approximate surface area is 167 Å². The summed E-state index contributed by atoms with van der Waals surface area (Å²) >= 11 is 7.72. The zero-order valence-corrected chi connectivity index (χ0v) is 16.7. The van der Waals surface area contributed by atoms with E-state index in [-0.39, 0.29) is 16.9 Å². The quantitative estimate of drug-likeness (QED) is 0.442. The molecule has 3 aromatic rings. The molecule has 140 valence electrons. The SMILES string of the molecule is C[C@@H](Sc1nc2cc(Cl)ccc2c(=O)n1C[C@@H]1CCCO1)c1ccccc1. The van der Waals surface area contributed by atoms with Crippen LogP contribution in [0.3, 0.4) is 0 Å². The molecule has 0 spiro atoms. The maximum atomic E-state index is 13.2. The zero-order valence-electron chi connectivity index (χ0n) is 15.1. The fraction of sp³-hybridized carbons (Fsp3) is 0.333. The number of halogens is 1. The monoisotopic (exact) mass is 400 g/mol. The molecule has 2 atom stereocenters. The standard InChI is InChI=1S/C21H21ClN2O2S/c1-14(15-6-3-2-4-7-15)27-21-23-19-12-16(22)9-10-18(19)20(25)24(21)13-17-8-5-11-26-17/h2-4,6-7,9-10,12,14,17H,5,8,11,13H2,1H3/t14-,17+/m1/s1. The summed E-state index contributed by atoms with van der Waals surface area (Å²) in [6, 6.07) is 15.5. The molecule has 4 nitrogen and oxygen atoms in total. The Morgan fingerprint density at radius 2 is 2.11 bits per heavy atom. The minimum atomic E-state index is -0.0325. The van der Waals surface area contributed by atoms with Gasteiger partial charge < -0.3 is 4.74 Å². The highest BCUT2D eigenvalue weighted by molar-refractivity contribution is 7.99. The summed E-state index contributed by atoms with van der Waals surface area (Å²) in [5.74, 6) is 0. The molecule has 0 amide bonds. The summed E-state index contributed by atoms with van der Waals surface area (Å²) in [5, 5.41) is 2.06. The van der Waals surface area contributed by atoms with Gasteiger partial charge in [0.05, 0.1) is 23.6 Å². The van der Waals surface area contributed by atoms with Crippen LogP contribution < -0.4 is 5.56 Å². The Morgan fingerprint density at radius 3 is 2.85 bits per heavy atom. The molecule has 1 aromatic heterocycles. The Bertz CT molecular complexity index is 1000. The number of hydrogen-bond donors (Lipinski definition) is 0. The van der Waals surface area contributed by atoms with Crippen LogP contribution in [0.2, 0.25) is 5.02 Å². The van der Waals surface area contributed by atoms with E-state index in [0.717, 1.165) is 19.4 Å². The van der Waals surface area contributed by atoms with E-state index in [1.165, 1.54) is 5.56 Å². The molecule has 2 heterocycles. The van der Waals surface area contributed by atoms with E-state index >= 15 is 0 Å². The fourth-order valence-corrected chi connectivity index (χ4v) is 4.58. The summed E-state index contributed by atoms with van der Waals surface area (Å²) in [4.78, 5) is 18.0. The van der Waals surface area contributed by atoms with Gasteiger partial charge in [-0.3, -0.25) is 9.36 Å². The first-order valence-corrected chi connectivity index (χ1v) is 10.4. The van der Waals surface area contributed by atoms with Crippen molar-refractivity contribution in [1.29, 1.82) is 0 Å². The third kappa shape index (κ3) is 4.05. The van der Waals surface area contributed by atoms with E-state index in [4.69, 9.17) is 21.3 Å². The molecule has 1 fully saturated rings. The van der Waals surface area contributed by atoms with E-state index < -0.39 is 0 Å². The van der Waals surface area contributed by atoms with Crippen LogP contribution >= 0.6 is 23.4 Å². The lowest BCUT2D eigenvalue weighted by atomic mass is 10.2. The normalized spacial score (nSPS) is 18.1. The minimum Gasteiger partial charge on any atom is -0.376 e. The molecule has 0 N–H and O–H groups in total. The highest BCUT2D eigenvalue weighted by Crippen LogP contribution is 2.34. The number of ether oxygens (including phenoxy) is 1. The van der Waals surface area contributed by atoms with Gasteiger partial charge in [0.25, 0.3) is 5.56 Å². The summed E-state index contributed by atoms with van der Waals surface area (Å²) in [6.07, 6.45) is 2.09. The van der Waals surface area contributed by atoms with E-state index in [0.29, 0.717) is 27.6 Å². The van der Waals surface area contributed by atoms with Crippen LogP contribution in [0, 0.1) is 0 Å². The number of hydrogen-bond acceptors (Lipinski definition) is 4. The van der Waals surface area contributed by atoms with Gasteiger partial charge >= 0.3 is 0 Å². The van der Waals surface area contributed by atoms with Crippen molar-refractivity contribution < 1.29 is 4.74 Å². The second kappa shape index (κ2) is 8.05. The third-order valence-corrected chi connectivity index (χ3v) is 6.23. The van der Waals surface area contributed by atoms with Crippen molar-refractivity contribution in [3.05, 3.63) is 69.5 Å². The molecular formula is C21H21ClN2O2S. The molecule has 0 aliphatic carbocycles. The molecule has 2 aromatic carbocycles. The Morgan fingerprint density at radius 1 is 1.30 bits per heavy atom. The predicted molar refractivity (Wildman–Crippen MR) is 111 cm³/mol. The van der Waals surface area contributed by atoms with Crippen LogP contribution in [-0.2, 0) is 11.3 Å². The lowest BCUT2D eigenvalue weighted by molar-refractivity contribution is 0.0937. The Kier molecular flexibility index (Phi) is 5.53. The van der Waals surface area contributed by atoms with Gasteiger partial charge in [-0.25, -0.2) is 4.98 Å². The molecule has 4 rings (SSSR count). The van der Waals surface area contributed by atoms with E-state index in [2.05, 4.69) is 19.1 Å². The molecular weight excluding hydrogens is 380 g/mol. The predicted octanol–water partition coefficient (Wildman–Crippen LogP) is 5.08. The van der Waals surface area contributed by atoms with Crippen LogP contribution in [0.25, 0.3) is 10.9 Å². The van der Waals surface area contributed by atoms with Gasteiger partial charge in [0.15, 0.2) is 5.16 Å². The summed E-state index contributed by atoms with van der Waals surface area (Å²) in [7, 11) is 0. The summed E-state index contributed by atoms with van der Waals surface area (Å²) in [6.45, 7) is 3.43. The highest BCUT2D eigenvalue weighted by atomic mass is 35.5. The molecule has 1 aliphatic heterocycles. The van der Waals surface area contributed by atoms with Crippen LogP contribution in [0.15, 0.2) is 58.5 Å². The minimum absolute atomic E-state index is 0.0325. The van der Waals surface area contributed by atoms with Gasteiger partial charge in [-0.2, -0.15) is 0 Å². The van der Waals surface area contributed by atoms with Crippen LogP contribution in [0.4, 0.5) is 0 Å². The van der Waals surface area contributed by atoms with Crippen molar-refractivity contribution in [2.75, 3.05) is 6.61 Å². The van der Waals surface area contributed by atoms with E-state index in [1.807, 2.05) is 18.2 Å². The van der Waals surface area contributed by atoms with Crippen LogP contribution in [0.5, 0.6) is 0 Å². The Balaban J connectivity index is 1.76. The molecule has 0 saturated carbocycles. The average Bonchev–Trinajstić information content (AvgIpc) is 3.18. The molecule has 0 radical (unpaired) electrons. The summed E-state index contributed by atoms with van der Waals surface area (Å²) < 4.78 is 7.54. The molecule has 1 saturated heterocycles. The average molecular weight is 401 g/mol. The van der Waals surface area contributed by atoms with Gasteiger partial charge in [0.1, 0.15) is 0 Å². The van der Waals surface area contributed by atoms with Crippen molar-refractivity contribution in [1.82, 2.24) is 9.55 Å². The molecule has 1 aliphatic rings. The van der Waals surface area contributed by atoms with Crippen molar-refractivity contribution >= 4 is 34.3 Å². The zero-order chi connectivity index (χ0) is 18.8. The maximum Gasteiger partial charge on any atom is 0.262 e. The molecule has 0 unspecified atom stereocenters. The maximum absolute atomic E-state index is 13.2. The van der Waals surface area contributed by atoms with Crippen LogP contribution in [-0.4, -0.2) is 22.3 Å². The van der Waals surface area contributed by atoms with Gasteiger partial charge in [-0.05, 0) is 43.5 Å². The molecule has 0 bridgehead atoms. The van der Waals surface area contributed by atoms with Gasteiger partial charge in [-0.15, -0.1) is 0 Å². The smallest absolute Gasteiger partial charge is 0.262 e. The largest absolute Gasteiger partial charge is 0.376 e. The molecule has 6 heteroatoms. The van der Waals surface area contributed by atoms with E-state index in [9.17, 15) is 4.79 Å². The molecule has 27 heavy (non-hydrogen) atoms. The fourth-order valence-electron chi connectivity index (χ4n) is 3.37. The second-order valence-electron chi connectivity index (χ2n) is 6.78. The first-order chi connectivity index (χ1) is 13.1. The van der Waals surface area contributed by atoms with Gasteiger partial charge in [-0.1, -0.05) is 53.7 Å². The van der Waals surface area contributed by atoms with E-state index in [1.54, 1.807) is 34.5 Å². The number of fused-ring (bicyclic) bond motifs is 1. The van der Waals surface area contributed by atoms with Crippen LogP contribution in [0.1, 0.15) is 30.6 Å². The number of aromatic nitrogens is 2. The number of rotatable bonds is 5. The Hall–Kier alpha value is -1.82. The third-order valence-electron chi connectivity index (χ3n) is 4.84. The van der Waals surface area contributed by atoms with Crippen molar-refractivity contribution in [3.8, 4) is 0 Å². The number of benzene rings is 2. The number of nitrogens with zero attached hydrogens (tertiary/aromatic N) is 2. The first-order valence-electron chi connectivity index (χ1n) is 9.15. The number of thioether (sulfide) groups is 1. The van der Waals surface area contributed by atoms with Gasteiger partial charge in [0.2, 0.25) is 0 Å². The van der Waals surface area contributed by atoms with Crippen molar-refractivity contribution in [3.63, 3.8) is 0 Å². The summed E-state index contributed by atoms with van der Waals surface area (Å²) in [5.41, 5.74) is 1.81. The van der Waals surface area contributed by atoms with Crippen molar-refractivity contribution in [2.24, 2.45) is 0 Å². The topological polar surface area (TPSA) is 44.1 Å². The first kappa shape index (κ1) is 18.5. The second-order valence-corrected chi connectivity index (χ2v) is 8.52. The van der Waals surface area contributed by atoms with Gasteiger partial charge in [0, 0.05) is 16.9 Å². The highest BCUT2D eigenvalue weighted by Gasteiger charge is 2.21. The lowest BCUT2D eigenvalue weighted by Crippen LogP contribution is -2.29. The lowest BCUT2D eigenvalue weighted by Gasteiger charge is -2.19.